The molecule has 1 aromatic heterocycles. The number of hydrogen-bond acceptors (Lipinski definition) is 6. The Bertz CT molecular complexity index is 1190. The van der Waals surface area contributed by atoms with Crippen LogP contribution in [0, 0.1) is 0 Å². The number of benzene rings is 2. The zero-order chi connectivity index (χ0) is 23.4. The van der Waals surface area contributed by atoms with Crippen LogP contribution >= 0.6 is 11.3 Å². The van der Waals surface area contributed by atoms with Crippen LogP contribution in [0.5, 0.6) is 5.75 Å². The lowest BCUT2D eigenvalue weighted by molar-refractivity contribution is -0.133. The molecule has 7 nitrogen and oxygen atoms in total. The summed E-state index contributed by atoms with van der Waals surface area (Å²) >= 11 is 1.07. The van der Waals surface area contributed by atoms with Crippen molar-refractivity contribution in [2.45, 2.75) is 26.3 Å². The van der Waals surface area contributed by atoms with Gasteiger partial charge in [-0.25, -0.2) is 0 Å². The zero-order valence-electron chi connectivity index (χ0n) is 19.1. The fraction of sp³-hybridized carbons (Fsp3) is 0.400. The van der Waals surface area contributed by atoms with Crippen molar-refractivity contribution in [3.8, 4) is 5.75 Å². The van der Waals surface area contributed by atoms with Gasteiger partial charge >= 0.3 is 4.87 Å². The van der Waals surface area contributed by atoms with E-state index >= 15 is 0 Å². The molecule has 8 heteroatoms. The number of piperazine rings is 1. The lowest BCUT2D eigenvalue weighted by atomic mass is 10.0. The van der Waals surface area contributed by atoms with Crippen molar-refractivity contribution in [2.24, 2.45) is 0 Å². The van der Waals surface area contributed by atoms with E-state index in [2.05, 4.69) is 11.8 Å². The molecule has 174 valence electrons. The van der Waals surface area contributed by atoms with Gasteiger partial charge in [0, 0.05) is 37.3 Å². The fourth-order valence-corrected chi connectivity index (χ4v) is 5.03. The van der Waals surface area contributed by atoms with Gasteiger partial charge in [0.05, 0.1) is 17.3 Å². The van der Waals surface area contributed by atoms with Crippen LogP contribution in [0.25, 0.3) is 10.2 Å². The van der Waals surface area contributed by atoms with Crippen molar-refractivity contribution in [3.63, 3.8) is 0 Å². The normalized spacial score (nSPS) is 14.5. The van der Waals surface area contributed by atoms with Gasteiger partial charge in [-0.15, -0.1) is 0 Å². The number of amides is 1. The number of carbonyl (C=O) groups excluding carboxylic acids is 2. The van der Waals surface area contributed by atoms with Crippen molar-refractivity contribution in [2.75, 3.05) is 39.8 Å². The minimum Gasteiger partial charge on any atom is -0.497 e. The highest BCUT2D eigenvalue weighted by Gasteiger charge is 2.22. The van der Waals surface area contributed by atoms with Gasteiger partial charge in [0.15, 0.2) is 5.78 Å². The highest BCUT2D eigenvalue weighted by atomic mass is 32.1. The second-order valence-corrected chi connectivity index (χ2v) is 9.26. The topological polar surface area (TPSA) is 71.8 Å². The van der Waals surface area contributed by atoms with Crippen molar-refractivity contribution < 1.29 is 14.3 Å². The number of thiazole rings is 1. The molecule has 0 atom stereocenters. The molecular weight excluding hydrogens is 438 g/mol. The third kappa shape index (κ3) is 5.17. The lowest BCUT2D eigenvalue weighted by Crippen LogP contribution is -2.49. The number of unbranched alkanes of at least 4 members (excludes halogenated alkanes) is 1. The summed E-state index contributed by atoms with van der Waals surface area (Å²) in [6.07, 6.45) is 2.34. The number of ketones is 1. The van der Waals surface area contributed by atoms with Crippen molar-refractivity contribution in [1.82, 2.24) is 14.4 Å². The molecule has 1 saturated heterocycles. The molecular formula is C25H29N3O4S. The molecule has 4 rings (SSSR count). The Balaban J connectivity index is 1.47. The maximum absolute atomic E-state index is 12.9. The second-order valence-electron chi connectivity index (χ2n) is 8.27. The Kier molecular flexibility index (Phi) is 7.25. The van der Waals surface area contributed by atoms with Crippen LogP contribution in [0.1, 0.15) is 35.7 Å². The lowest BCUT2D eigenvalue weighted by Gasteiger charge is -2.34. The summed E-state index contributed by atoms with van der Waals surface area (Å²) in [5.41, 5.74) is 1.75. The fourth-order valence-electron chi connectivity index (χ4n) is 4.10. The Hall–Kier alpha value is -2.97. The summed E-state index contributed by atoms with van der Waals surface area (Å²) in [5.74, 6) is 0.527. The number of hydrogen-bond donors (Lipinski definition) is 0. The van der Waals surface area contributed by atoms with Crippen LogP contribution in [-0.4, -0.2) is 65.9 Å². The summed E-state index contributed by atoms with van der Waals surface area (Å²) in [5, 5.41) is 0. The molecule has 1 fully saturated rings. The summed E-state index contributed by atoms with van der Waals surface area (Å²) in [4.78, 5) is 42.5. The van der Waals surface area contributed by atoms with E-state index in [1.165, 1.54) is 17.4 Å². The van der Waals surface area contributed by atoms with E-state index in [0.29, 0.717) is 40.2 Å². The molecule has 33 heavy (non-hydrogen) atoms. The molecule has 1 amide bonds. The molecule has 0 unspecified atom stereocenters. The van der Waals surface area contributed by atoms with Crippen molar-refractivity contribution in [3.05, 3.63) is 63.3 Å². The number of aromatic nitrogens is 1. The van der Waals surface area contributed by atoms with Crippen LogP contribution in [0.4, 0.5) is 0 Å². The average molecular weight is 468 g/mol. The molecule has 0 N–H and O–H groups in total. The molecule has 2 aromatic carbocycles. The third-order valence-corrected chi connectivity index (χ3v) is 7.07. The number of nitrogens with zero attached hydrogens (tertiary/aromatic N) is 3. The monoisotopic (exact) mass is 467 g/mol. The summed E-state index contributed by atoms with van der Waals surface area (Å²) < 4.78 is 7.37. The SMILES string of the molecule is CCCCN1CCN(C(=O)Cn2c(=O)sc3cc(C(=O)c4ccc(OC)cc4)ccc32)CC1. The van der Waals surface area contributed by atoms with Gasteiger partial charge in [0.25, 0.3) is 0 Å². The summed E-state index contributed by atoms with van der Waals surface area (Å²) in [6, 6.07) is 12.2. The number of fused-ring (bicyclic) bond motifs is 1. The Morgan fingerprint density at radius 1 is 1.00 bits per heavy atom. The largest absolute Gasteiger partial charge is 0.497 e. The molecule has 1 aliphatic heterocycles. The Labute approximate surface area is 197 Å². The summed E-state index contributed by atoms with van der Waals surface area (Å²) in [7, 11) is 1.58. The minimum atomic E-state index is -0.186. The van der Waals surface area contributed by atoms with E-state index in [0.717, 1.165) is 31.0 Å². The first kappa shape index (κ1) is 23.2. The van der Waals surface area contributed by atoms with E-state index in [9.17, 15) is 14.4 Å². The first-order valence-electron chi connectivity index (χ1n) is 11.3. The average Bonchev–Trinajstić information content (AvgIpc) is 3.16. The molecule has 1 aliphatic rings. The minimum absolute atomic E-state index is 0.0273. The molecule has 0 spiro atoms. The molecule has 3 aromatic rings. The van der Waals surface area contributed by atoms with Crippen LogP contribution in [0.2, 0.25) is 0 Å². The van der Waals surface area contributed by atoms with E-state index in [4.69, 9.17) is 4.74 Å². The first-order valence-corrected chi connectivity index (χ1v) is 12.1. The van der Waals surface area contributed by atoms with Crippen LogP contribution in [0.15, 0.2) is 47.3 Å². The molecule has 2 heterocycles. The maximum atomic E-state index is 12.9. The molecule has 0 bridgehead atoms. The van der Waals surface area contributed by atoms with Crippen LogP contribution < -0.4 is 9.61 Å². The zero-order valence-corrected chi connectivity index (χ0v) is 19.9. The quantitative estimate of drug-likeness (QED) is 0.476. The first-order chi connectivity index (χ1) is 16.0. The highest BCUT2D eigenvalue weighted by Crippen LogP contribution is 2.22. The molecule has 0 saturated carbocycles. The van der Waals surface area contributed by atoms with Gasteiger partial charge in [-0.3, -0.25) is 23.9 Å². The van der Waals surface area contributed by atoms with Gasteiger partial charge < -0.3 is 9.64 Å². The smallest absolute Gasteiger partial charge is 0.308 e. The highest BCUT2D eigenvalue weighted by molar-refractivity contribution is 7.16. The van der Waals surface area contributed by atoms with E-state index in [-0.39, 0.29) is 23.1 Å². The van der Waals surface area contributed by atoms with E-state index < -0.39 is 0 Å². The van der Waals surface area contributed by atoms with Gasteiger partial charge in [0.1, 0.15) is 12.3 Å². The Morgan fingerprint density at radius 2 is 1.70 bits per heavy atom. The third-order valence-electron chi connectivity index (χ3n) is 6.13. The predicted octanol–water partition coefficient (Wildman–Crippen LogP) is 3.25. The number of methoxy groups -OCH3 is 1. The van der Waals surface area contributed by atoms with E-state index in [1.807, 2.05) is 4.90 Å². The van der Waals surface area contributed by atoms with Gasteiger partial charge in [-0.2, -0.15) is 0 Å². The molecule has 0 radical (unpaired) electrons. The van der Waals surface area contributed by atoms with Crippen molar-refractivity contribution >= 4 is 33.2 Å². The van der Waals surface area contributed by atoms with Gasteiger partial charge in [-0.05, 0) is 55.4 Å². The predicted molar refractivity (Wildman–Crippen MR) is 130 cm³/mol. The Morgan fingerprint density at radius 3 is 2.36 bits per heavy atom. The van der Waals surface area contributed by atoms with Crippen LogP contribution in [-0.2, 0) is 11.3 Å². The molecule has 0 aliphatic carbocycles. The van der Waals surface area contributed by atoms with Gasteiger partial charge in [0.2, 0.25) is 5.91 Å². The van der Waals surface area contributed by atoms with Crippen molar-refractivity contribution in [1.29, 1.82) is 0 Å². The number of ether oxygens (including phenoxy) is 1. The summed E-state index contributed by atoms with van der Waals surface area (Å²) in [6.45, 7) is 6.42. The number of carbonyl (C=O) groups is 2. The van der Waals surface area contributed by atoms with Gasteiger partial charge in [-0.1, -0.05) is 24.7 Å². The number of rotatable bonds is 8. The second kappa shape index (κ2) is 10.3. The standard InChI is InChI=1S/C25H29N3O4S/c1-3-4-11-26-12-14-27(15-13-26)23(29)17-28-21-10-7-19(16-22(21)33-25(28)31)24(30)18-5-8-20(32-2)9-6-18/h5-10,16H,3-4,11-15,17H2,1-2H3. The maximum Gasteiger partial charge on any atom is 0.308 e. The van der Waals surface area contributed by atoms with E-state index in [1.54, 1.807) is 49.6 Å². The van der Waals surface area contributed by atoms with Crippen LogP contribution in [0.3, 0.4) is 0 Å².